The molecule has 0 atom stereocenters. The number of imidazole rings is 1. The van der Waals surface area contributed by atoms with Crippen LogP contribution in [0.1, 0.15) is 17.1 Å². The normalized spacial score (nSPS) is 11.3. The van der Waals surface area contributed by atoms with Gasteiger partial charge in [-0.2, -0.15) is 0 Å². The average molecular weight is 313 g/mol. The van der Waals surface area contributed by atoms with Gasteiger partial charge in [0.15, 0.2) is 5.54 Å². The Morgan fingerprint density at radius 1 is 0.625 bits per heavy atom. The van der Waals surface area contributed by atoms with Crippen LogP contribution < -0.4 is 0 Å². The Kier molecular flexibility index (Phi) is 3.59. The van der Waals surface area contributed by atoms with Gasteiger partial charge in [0.05, 0.1) is 23.4 Å². The number of rotatable bonds is 4. The summed E-state index contributed by atoms with van der Waals surface area (Å²) in [5.41, 5.74) is 1.72. The number of nitrogens with zero attached hydrogens (tertiary/aromatic N) is 5. The van der Waals surface area contributed by atoms with Crippen molar-refractivity contribution < 1.29 is 0 Å². The summed E-state index contributed by atoms with van der Waals surface area (Å²) in [4.78, 5) is 18.1. The minimum atomic E-state index is -0.777. The highest BCUT2D eigenvalue weighted by atomic mass is 15.1. The van der Waals surface area contributed by atoms with E-state index in [-0.39, 0.29) is 0 Å². The number of pyridine rings is 3. The second-order valence-corrected chi connectivity index (χ2v) is 5.33. The lowest BCUT2D eigenvalue weighted by molar-refractivity contribution is 0.472. The van der Waals surface area contributed by atoms with Crippen LogP contribution in [0.3, 0.4) is 0 Å². The van der Waals surface area contributed by atoms with E-state index in [4.69, 9.17) is 0 Å². The Hall–Kier alpha value is -3.34. The minimum absolute atomic E-state index is 0.777. The third-order valence-corrected chi connectivity index (χ3v) is 4.00. The summed E-state index contributed by atoms with van der Waals surface area (Å²) in [6.07, 6.45) is 10.8. The van der Waals surface area contributed by atoms with E-state index in [9.17, 15) is 0 Å². The van der Waals surface area contributed by atoms with Gasteiger partial charge in [0.1, 0.15) is 0 Å². The molecule has 4 aromatic heterocycles. The summed E-state index contributed by atoms with van der Waals surface area (Å²) in [5.74, 6) is 0. The molecule has 0 unspecified atom stereocenters. The maximum Gasteiger partial charge on any atom is 0.172 e. The van der Waals surface area contributed by atoms with Crippen molar-refractivity contribution in [1.29, 1.82) is 0 Å². The van der Waals surface area contributed by atoms with Crippen LogP contribution in [-0.2, 0) is 5.54 Å². The minimum Gasteiger partial charge on any atom is -0.315 e. The van der Waals surface area contributed by atoms with E-state index >= 15 is 0 Å². The summed E-state index contributed by atoms with van der Waals surface area (Å²) in [6.45, 7) is 0. The van der Waals surface area contributed by atoms with Gasteiger partial charge < -0.3 is 4.57 Å². The van der Waals surface area contributed by atoms with Crippen molar-refractivity contribution >= 4 is 0 Å². The molecule has 4 rings (SSSR count). The van der Waals surface area contributed by atoms with Gasteiger partial charge in [-0.3, -0.25) is 15.0 Å². The highest BCUT2D eigenvalue weighted by molar-refractivity contribution is 5.42. The molecule has 0 N–H and O–H groups in total. The highest BCUT2D eigenvalue weighted by Gasteiger charge is 2.42. The lowest BCUT2D eigenvalue weighted by atomic mass is 9.85. The third kappa shape index (κ3) is 2.18. The van der Waals surface area contributed by atoms with Gasteiger partial charge >= 0.3 is 0 Å². The monoisotopic (exact) mass is 313 g/mol. The molecule has 0 aromatic carbocycles. The molecule has 0 radical (unpaired) electrons. The molecule has 0 aliphatic carbocycles. The first-order valence-electron chi connectivity index (χ1n) is 7.65. The molecular weight excluding hydrogens is 298 g/mol. The molecule has 4 heterocycles. The smallest absolute Gasteiger partial charge is 0.172 e. The SMILES string of the molecule is c1ccc(C(c2ccccn2)(c2ccccn2)n2ccnc2)nc1. The molecule has 0 fully saturated rings. The first-order chi connectivity index (χ1) is 11.9. The first-order valence-corrected chi connectivity index (χ1v) is 7.65. The van der Waals surface area contributed by atoms with E-state index in [1.807, 2.05) is 65.4 Å². The summed E-state index contributed by atoms with van der Waals surface area (Å²) in [6, 6.07) is 17.6. The van der Waals surface area contributed by atoms with Gasteiger partial charge in [-0.05, 0) is 36.4 Å². The molecule has 0 aliphatic heterocycles. The molecular formula is C19H15N5. The summed E-state index contributed by atoms with van der Waals surface area (Å²) < 4.78 is 2.00. The Morgan fingerprint density at radius 3 is 1.46 bits per heavy atom. The fourth-order valence-electron chi connectivity index (χ4n) is 2.98. The lowest BCUT2D eigenvalue weighted by Crippen LogP contribution is -2.39. The van der Waals surface area contributed by atoms with Crippen LogP contribution in [0.4, 0.5) is 0 Å². The van der Waals surface area contributed by atoms with Crippen LogP contribution in [-0.4, -0.2) is 24.5 Å². The molecule has 4 aromatic rings. The van der Waals surface area contributed by atoms with E-state index in [1.54, 1.807) is 31.1 Å². The number of aromatic nitrogens is 5. The molecule has 0 aliphatic rings. The lowest BCUT2D eigenvalue weighted by Gasteiger charge is -2.33. The summed E-state index contributed by atoms with van der Waals surface area (Å²) in [7, 11) is 0. The summed E-state index contributed by atoms with van der Waals surface area (Å²) in [5, 5.41) is 0. The van der Waals surface area contributed by atoms with Crippen LogP contribution in [0, 0.1) is 0 Å². The summed E-state index contributed by atoms with van der Waals surface area (Å²) >= 11 is 0. The molecule has 0 saturated carbocycles. The fourth-order valence-corrected chi connectivity index (χ4v) is 2.98. The van der Waals surface area contributed by atoms with Gasteiger partial charge in [-0.15, -0.1) is 0 Å². The Bertz CT molecular complexity index is 794. The predicted octanol–water partition coefficient (Wildman–Crippen LogP) is 2.91. The third-order valence-electron chi connectivity index (χ3n) is 4.00. The molecule has 0 saturated heterocycles. The number of hydrogen-bond acceptors (Lipinski definition) is 4. The Labute approximate surface area is 139 Å². The molecule has 24 heavy (non-hydrogen) atoms. The van der Waals surface area contributed by atoms with E-state index in [0.29, 0.717) is 0 Å². The maximum atomic E-state index is 4.63. The molecule has 0 amide bonds. The molecule has 5 heteroatoms. The van der Waals surface area contributed by atoms with Gasteiger partial charge in [0, 0.05) is 31.0 Å². The van der Waals surface area contributed by atoms with Crippen LogP contribution in [0.15, 0.2) is 91.9 Å². The van der Waals surface area contributed by atoms with Crippen LogP contribution in [0.25, 0.3) is 0 Å². The van der Waals surface area contributed by atoms with Crippen molar-refractivity contribution in [2.45, 2.75) is 5.54 Å². The second kappa shape index (κ2) is 6.04. The molecule has 116 valence electrons. The van der Waals surface area contributed by atoms with Crippen molar-refractivity contribution in [1.82, 2.24) is 24.5 Å². The second-order valence-electron chi connectivity index (χ2n) is 5.33. The number of hydrogen-bond donors (Lipinski definition) is 0. The van der Waals surface area contributed by atoms with E-state index < -0.39 is 5.54 Å². The van der Waals surface area contributed by atoms with Crippen molar-refractivity contribution in [3.05, 3.63) is 109 Å². The highest BCUT2D eigenvalue weighted by Crippen LogP contribution is 2.37. The Balaban J connectivity index is 2.12. The van der Waals surface area contributed by atoms with Gasteiger partial charge in [-0.25, -0.2) is 4.98 Å². The van der Waals surface area contributed by atoms with Crippen molar-refractivity contribution in [3.63, 3.8) is 0 Å². The zero-order valence-corrected chi connectivity index (χ0v) is 12.9. The van der Waals surface area contributed by atoms with Crippen LogP contribution >= 0.6 is 0 Å². The van der Waals surface area contributed by atoms with E-state index in [1.165, 1.54) is 0 Å². The fraction of sp³-hybridized carbons (Fsp3) is 0.0526. The quantitative estimate of drug-likeness (QED) is 0.581. The van der Waals surface area contributed by atoms with E-state index in [2.05, 4.69) is 19.9 Å². The van der Waals surface area contributed by atoms with Gasteiger partial charge in [0.25, 0.3) is 0 Å². The molecule has 0 spiro atoms. The zero-order valence-electron chi connectivity index (χ0n) is 12.9. The van der Waals surface area contributed by atoms with Crippen LogP contribution in [0.2, 0.25) is 0 Å². The van der Waals surface area contributed by atoms with Gasteiger partial charge in [0.2, 0.25) is 0 Å². The Morgan fingerprint density at radius 2 is 1.12 bits per heavy atom. The maximum absolute atomic E-state index is 4.63. The van der Waals surface area contributed by atoms with Crippen LogP contribution in [0.5, 0.6) is 0 Å². The average Bonchev–Trinajstić information content (AvgIpc) is 3.20. The van der Waals surface area contributed by atoms with Crippen molar-refractivity contribution in [2.24, 2.45) is 0 Å². The van der Waals surface area contributed by atoms with Gasteiger partial charge in [-0.1, -0.05) is 18.2 Å². The van der Waals surface area contributed by atoms with E-state index in [0.717, 1.165) is 17.1 Å². The standard InChI is InChI=1S/C19H15N5/c1-4-10-21-16(7-1)19(24-14-13-20-15-24,17-8-2-5-11-22-17)18-9-3-6-12-23-18/h1-15H. The zero-order chi connectivity index (χ0) is 16.2. The largest absolute Gasteiger partial charge is 0.315 e. The van der Waals surface area contributed by atoms with Crippen molar-refractivity contribution in [2.75, 3.05) is 0 Å². The predicted molar refractivity (Wildman–Crippen MR) is 90.2 cm³/mol. The molecule has 0 bridgehead atoms. The first kappa shape index (κ1) is 14.3. The molecule has 5 nitrogen and oxygen atoms in total. The topological polar surface area (TPSA) is 56.5 Å². The van der Waals surface area contributed by atoms with Crippen molar-refractivity contribution in [3.8, 4) is 0 Å².